The monoisotopic (exact) mass is 339 g/mol. The predicted molar refractivity (Wildman–Crippen MR) is 95.8 cm³/mol. The number of rotatable bonds is 8. The third-order valence-electron chi connectivity index (χ3n) is 3.86. The molecule has 25 heavy (non-hydrogen) atoms. The average Bonchev–Trinajstić information content (AvgIpc) is 2.61. The Labute approximate surface area is 146 Å². The van der Waals surface area contributed by atoms with Gasteiger partial charge in [-0.05, 0) is 29.7 Å². The summed E-state index contributed by atoms with van der Waals surface area (Å²) in [7, 11) is 0. The van der Waals surface area contributed by atoms with Crippen LogP contribution in [0.2, 0.25) is 0 Å². The minimum Gasteiger partial charge on any atom is -0.481 e. The number of nitrogens with one attached hydrogen (secondary N) is 1. The largest absolute Gasteiger partial charge is 0.481 e. The minimum atomic E-state index is -0.901. The van der Waals surface area contributed by atoms with Crippen LogP contribution in [-0.2, 0) is 22.4 Å². The van der Waals surface area contributed by atoms with Crippen LogP contribution < -0.4 is 5.32 Å². The molecule has 2 N–H and O–H groups in total. The van der Waals surface area contributed by atoms with Crippen LogP contribution in [0.4, 0.5) is 5.69 Å². The molecule has 130 valence electrons. The number of hydrogen-bond acceptors (Lipinski definition) is 3. The number of carbonyl (C=O) groups excluding carboxylic acids is 2. The second-order valence-corrected chi connectivity index (χ2v) is 5.79. The van der Waals surface area contributed by atoms with Gasteiger partial charge in [0.05, 0.1) is 6.42 Å². The fourth-order valence-corrected chi connectivity index (χ4v) is 2.40. The van der Waals surface area contributed by atoms with Crippen molar-refractivity contribution >= 4 is 23.3 Å². The van der Waals surface area contributed by atoms with Gasteiger partial charge in [-0.25, -0.2) is 0 Å². The number of amides is 1. The van der Waals surface area contributed by atoms with Gasteiger partial charge < -0.3 is 10.4 Å². The van der Waals surface area contributed by atoms with E-state index in [1.165, 1.54) is 5.56 Å². The van der Waals surface area contributed by atoms with E-state index in [2.05, 4.69) is 12.2 Å². The van der Waals surface area contributed by atoms with Crippen LogP contribution in [0.15, 0.2) is 48.5 Å². The number of benzene rings is 2. The van der Waals surface area contributed by atoms with Crippen molar-refractivity contribution in [2.75, 3.05) is 5.32 Å². The van der Waals surface area contributed by atoms with Gasteiger partial charge in [0.15, 0.2) is 5.78 Å². The molecule has 0 aliphatic rings. The van der Waals surface area contributed by atoms with Crippen LogP contribution in [0.3, 0.4) is 0 Å². The summed E-state index contributed by atoms with van der Waals surface area (Å²) in [5, 5.41) is 11.4. The molecule has 0 saturated heterocycles. The van der Waals surface area contributed by atoms with Crippen LogP contribution >= 0.6 is 0 Å². The number of ketones is 1. The zero-order chi connectivity index (χ0) is 18.2. The van der Waals surface area contributed by atoms with E-state index in [9.17, 15) is 14.4 Å². The van der Waals surface area contributed by atoms with Gasteiger partial charge in [0.1, 0.15) is 0 Å². The molecule has 0 saturated carbocycles. The third kappa shape index (κ3) is 5.88. The smallest absolute Gasteiger partial charge is 0.307 e. The van der Waals surface area contributed by atoms with Crippen LogP contribution in [0.1, 0.15) is 41.3 Å². The number of carboxylic acids is 1. The van der Waals surface area contributed by atoms with Crippen molar-refractivity contribution in [3.05, 3.63) is 65.2 Å². The number of aliphatic carboxylic acids is 1. The van der Waals surface area contributed by atoms with Gasteiger partial charge in [0.25, 0.3) is 0 Å². The molecule has 0 spiro atoms. The maximum atomic E-state index is 12.1. The van der Waals surface area contributed by atoms with Crippen molar-refractivity contribution in [3.8, 4) is 0 Å². The molecular formula is C20H21NO4. The Balaban J connectivity index is 1.83. The summed E-state index contributed by atoms with van der Waals surface area (Å²) >= 11 is 0. The molecule has 0 unspecified atom stereocenters. The first-order chi connectivity index (χ1) is 12.0. The third-order valence-corrected chi connectivity index (χ3v) is 3.86. The van der Waals surface area contributed by atoms with Gasteiger partial charge in [-0.3, -0.25) is 14.4 Å². The van der Waals surface area contributed by atoms with Gasteiger partial charge in [-0.2, -0.15) is 0 Å². The van der Waals surface area contributed by atoms with E-state index >= 15 is 0 Å². The number of Topliss-reactive ketones (excluding diaryl/α,β-unsaturated/α-hetero) is 1. The van der Waals surface area contributed by atoms with E-state index in [4.69, 9.17) is 5.11 Å². The van der Waals surface area contributed by atoms with E-state index in [1.807, 2.05) is 12.1 Å². The molecule has 2 aromatic rings. The number of anilines is 1. The lowest BCUT2D eigenvalue weighted by Gasteiger charge is -2.06. The molecular weight excluding hydrogens is 318 g/mol. The molecule has 0 atom stereocenters. The molecule has 5 nitrogen and oxygen atoms in total. The Kier molecular flexibility index (Phi) is 6.46. The first-order valence-electron chi connectivity index (χ1n) is 8.20. The van der Waals surface area contributed by atoms with Gasteiger partial charge >= 0.3 is 5.97 Å². The van der Waals surface area contributed by atoms with Crippen LogP contribution in [0, 0.1) is 0 Å². The maximum absolute atomic E-state index is 12.1. The van der Waals surface area contributed by atoms with E-state index in [0.717, 1.165) is 6.42 Å². The molecule has 0 fully saturated rings. The number of hydrogen-bond donors (Lipinski definition) is 2. The summed E-state index contributed by atoms with van der Waals surface area (Å²) in [5.74, 6) is -1.21. The van der Waals surface area contributed by atoms with Crippen molar-refractivity contribution in [1.82, 2.24) is 0 Å². The van der Waals surface area contributed by atoms with Gasteiger partial charge in [-0.1, -0.05) is 43.3 Å². The molecule has 0 aliphatic heterocycles. The zero-order valence-electron chi connectivity index (χ0n) is 14.1. The molecule has 0 aliphatic carbocycles. The van der Waals surface area contributed by atoms with Crippen LogP contribution in [0.5, 0.6) is 0 Å². The quantitative estimate of drug-likeness (QED) is 0.721. The normalized spacial score (nSPS) is 10.3. The second kappa shape index (κ2) is 8.78. The highest BCUT2D eigenvalue weighted by Crippen LogP contribution is 2.12. The SMILES string of the molecule is CCc1ccc(C(=O)CCC(=O)Nc2ccc(CC(=O)O)cc2)cc1. The lowest BCUT2D eigenvalue weighted by atomic mass is 10.0. The first-order valence-corrected chi connectivity index (χ1v) is 8.20. The van der Waals surface area contributed by atoms with Crippen molar-refractivity contribution in [2.24, 2.45) is 0 Å². The lowest BCUT2D eigenvalue weighted by molar-refractivity contribution is -0.136. The highest BCUT2D eigenvalue weighted by atomic mass is 16.4. The van der Waals surface area contributed by atoms with Crippen LogP contribution in [0.25, 0.3) is 0 Å². The molecule has 0 radical (unpaired) electrons. The fourth-order valence-electron chi connectivity index (χ4n) is 2.40. The van der Waals surface area contributed by atoms with Crippen molar-refractivity contribution < 1.29 is 19.5 Å². The van der Waals surface area contributed by atoms with Crippen LogP contribution in [-0.4, -0.2) is 22.8 Å². The van der Waals surface area contributed by atoms with E-state index < -0.39 is 5.97 Å². The number of carboxylic acid groups (broad SMARTS) is 1. The zero-order valence-corrected chi connectivity index (χ0v) is 14.1. The molecule has 1 amide bonds. The summed E-state index contributed by atoms with van der Waals surface area (Å²) in [6, 6.07) is 14.1. The number of aryl methyl sites for hydroxylation is 1. The highest BCUT2D eigenvalue weighted by molar-refractivity contribution is 6.00. The fraction of sp³-hybridized carbons (Fsp3) is 0.250. The summed E-state index contributed by atoms with van der Waals surface area (Å²) in [4.78, 5) is 34.7. The molecule has 0 bridgehead atoms. The Morgan fingerprint density at radius 3 is 2.04 bits per heavy atom. The summed E-state index contributed by atoms with van der Waals surface area (Å²) in [6.45, 7) is 2.05. The molecule has 2 aromatic carbocycles. The van der Waals surface area contributed by atoms with Gasteiger partial charge in [0, 0.05) is 24.1 Å². The molecule has 5 heteroatoms. The van der Waals surface area contributed by atoms with Gasteiger partial charge in [-0.15, -0.1) is 0 Å². The summed E-state index contributed by atoms with van der Waals surface area (Å²) < 4.78 is 0. The summed E-state index contributed by atoms with van der Waals surface area (Å²) in [6.07, 6.45) is 1.11. The predicted octanol–water partition coefficient (Wildman–Crippen LogP) is 3.48. The Morgan fingerprint density at radius 2 is 1.48 bits per heavy atom. The topological polar surface area (TPSA) is 83.5 Å². The molecule has 0 heterocycles. The minimum absolute atomic E-state index is 0.0560. The highest BCUT2D eigenvalue weighted by Gasteiger charge is 2.10. The van der Waals surface area contributed by atoms with Gasteiger partial charge in [0.2, 0.25) is 5.91 Å². The Morgan fingerprint density at radius 1 is 0.880 bits per heavy atom. The first kappa shape index (κ1) is 18.4. The second-order valence-electron chi connectivity index (χ2n) is 5.79. The van der Waals surface area contributed by atoms with E-state index in [1.54, 1.807) is 36.4 Å². The standard InChI is InChI=1S/C20H21NO4/c1-2-14-3-7-16(8-4-14)18(22)11-12-19(23)21-17-9-5-15(6-10-17)13-20(24)25/h3-10H,2,11-13H2,1H3,(H,21,23)(H,24,25). The number of carbonyl (C=O) groups is 3. The van der Waals surface area contributed by atoms with Crippen molar-refractivity contribution in [2.45, 2.75) is 32.6 Å². The lowest BCUT2D eigenvalue weighted by Crippen LogP contribution is -2.13. The van der Waals surface area contributed by atoms with Crippen molar-refractivity contribution in [1.29, 1.82) is 0 Å². The molecule has 2 rings (SSSR count). The van der Waals surface area contributed by atoms with Crippen molar-refractivity contribution in [3.63, 3.8) is 0 Å². The maximum Gasteiger partial charge on any atom is 0.307 e. The van der Waals surface area contributed by atoms with E-state index in [-0.39, 0.29) is 31.0 Å². The molecule has 0 aromatic heterocycles. The average molecular weight is 339 g/mol. The Hall–Kier alpha value is -2.95. The Bertz CT molecular complexity index is 748. The van der Waals surface area contributed by atoms with E-state index in [0.29, 0.717) is 16.8 Å². The summed E-state index contributed by atoms with van der Waals surface area (Å²) in [5.41, 5.74) is 3.03.